The number of carbonyl (C=O) groups excluding carboxylic acids is 2. The van der Waals surface area contributed by atoms with E-state index in [1.165, 1.54) is 11.8 Å². The zero-order chi connectivity index (χ0) is 19.9. The first-order valence-corrected chi connectivity index (χ1v) is 10.9. The first-order valence-electron chi connectivity index (χ1n) is 9.83. The third-order valence-corrected chi connectivity index (χ3v) is 6.61. The topological polar surface area (TPSA) is 62.6 Å². The summed E-state index contributed by atoms with van der Waals surface area (Å²) in [5, 5.41) is 3.13. The van der Waals surface area contributed by atoms with Crippen molar-refractivity contribution in [1.82, 2.24) is 10.2 Å². The van der Waals surface area contributed by atoms with E-state index in [4.69, 9.17) is 4.42 Å². The summed E-state index contributed by atoms with van der Waals surface area (Å²) in [6.45, 7) is 5.45. The van der Waals surface area contributed by atoms with Crippen LogP contribution in [0.4, 0.5) is 0 Å². The van der Waals surface area contributed by atoms with Crippen LogP contribution in [0.5, 0.6) is 0 Å². The fraction of sp³-hybridized carbons (Fsp3) is 0.455. The molecule has 1 saturated heterocycles. The fourth-order valence-electron chi connectivity index (χ4n) is 3.40. The molecule has 2 amide bonds. The molecule has 0 bridgehead atoms. The summed E-state index contributed by atoms with van der Waals surface area (Å²) in [6.07, 6.45) is 3.05. The second kappa shape index (κ2) is 9.82. The SMILES string of the molecule is CC(C)C(SCc1ccccc1)C(=O)NC1CCN(C(=O)c2ccco2)CC1. The van der Waals surface area contributed by atoms with Crippen molar-refractivity contribution < 1.29 is 14.0 Å². The standard InChI is InChI=1S/C22H28N2O3S/c1-16(2)20(28-15-17-7-4-3-5-8-17)21(25)23-18-10-12-24(13-11-18)22(26)19-9-6-14-27-19/h3-9,14,16,18,20H,10-13,15H2,1-2H3,(H,23,25). The number of amides is 2. The van der Waals surface area contributed by atoms with Crippen molar-refractivity contribution in [2.75, 3.05) is 13.1 Å². The number of benzene rings is 1. The number of carbonyl (C=O) groups is 2. The molecule has 1 N–H and O–H groups in total. The molecule has 0 radical (unpaired) electrons. The molecule has 2 aromatic rings. The Hall–Kier alpha value is -2.21. The molecule has 0 spiro atoms. The van der Waals surface area contributed by atoms with Crippen molar-refractivity contribution in [3.8, 4) is 0 Å². The minimum Gasteiger partial charge on any atom is -0.459 e. The molecule has 6 heteroatoms. The van der Waals surface area contributed by atoms with Gasteiger partial charge in [0, 0.05) is 24.9 Å². The number of thioether (sulfide) groups is 1. The lowest BCUT2D eigenvalue weighted by molar-refractivity contribution is -0.122. The molecule has 28 heavy (non-hydrogen) atoms. The van der Waals surface area contributed by atoms with Crippen LogP contribution in [0.1, 0.15) is 42.8 Å². The summed E-state index contributed by atoms with van der Waals surface area (Å²) in [5.74, 6) is 1.49. The maximum atomic E-state index is 12.8. The highest BCUT2D eigenvalue weighted by Crippen LogP contribution is 2.25. The van der Waals surface area contributed by atoms with Gasteiger partial charge in [-0.3, -0.25) is 9.59 Å². The van der Waals surface area contributed by atoms with Gasteiger partial charge in [0.2, 0.25) is 5.91 Å². The molecule has 1 aromatic carbocycles. The minimum atomic E-state index is -0.0806. The summed E-state index contributed by atoms with van der Waals surface area (Å²) < 4.78 is 5.20. The molecule has 1 aliphatic rings. The van der Waals surface area contributed by atoms with E-state index in [-0.39, 0.29) is 29.0 Å². The zero-order valence-electron chi connectivity index (χ0n) is 16.5. The van der Waals surface area contributed by atoms with E-state index in [9.17, 15) is 9.59 Å². The zero-order valence-corrected chi connectivity index (χ0v) is 17.3. The van der Waals surface area contributed by atoms with Crippen molar-refractivity contribution in [3.63, 3.8) is 0 Å². The Kier molecular flexibility index (Phi) is 7.20. The van der Waals surface area contributed by atoms with E-state index in [0.717, 1.165) is 18.6 Å². The van der Waals surface area contributed by atoms with Crippen LogP contribution >= 0.6 is 11.8 Å². The summed E-state index contributed by atoms with van der Waals surface area (Å²) in [6, 6.07) is 13.8. The Labute approximate surface area is 170 Å². The van der Waals surface area contributed by atoms with E-state index in [1.807, 2.05) is 18.2 Å². The van der Waals surface area contributed by atoms with Crippen molar-refractivity contribution >= 4 is 23.6 Å². The number of piperidine rings is 1. The summed E-state index contributed by atoms with van der Waals surface area (Å²) in [7, 11) is 0. The van der Waals surface area contributed by atoms with Crippen molar-refractivity contribution in [1.29, 1.82) is 0 Å². The summed E-state index contributed by atoms with van der Waals surface area (Å²) in [4.78, 5) is 27.0. The maximum Gasteiger partial charge on any atom is 0.289 e. The molecule has 1 unspecified atom stereocenters. The molecule has 150 valence electrons. The highest BCUT2D eigenvalue weighted by Gasteiger charge is 2.29. The van der Waals surface area contributed by atoms with Crippen LogP contribution in [0.2, 0.25) is 0 Å². The first kappa shape index (κ1) is 20.5. The molecule has 5 nitrogen and oxygen atoms in total. The van der Waals surface area contributed by atoms with Gasteiger partial charge < -0.3 is 14.6 Å². The smallest absolute Gasteiger partial charge is 0.289 e. The third-order valence-electron chi connectivity index (χ3n) is 5.00. The predicted molar refractivity (Wildman–Crippen MR) is 112 cm³/mol. The molecule has 0 aliphatic carbocycles. The molecule has 0 saturated carbocycles. The summed E-state index contributed by atoms with van der Waals surface area (Å²) in [5.41, 5.74) is 1.23. The number of hydrogen-bond donors (Lipinski definition) is 1. The minimum absolute atomic E-state index is 0.0757. The highest BCUT2D eigenvalue weighted by molar-refractivity contribution is 7.99. The Morgan fingerprint density at radius 2 is 1.86 bits per heavy atom. The molecule has 1 fully saturated rings. The maximum absolute atomic E-state index is 12.8. The van der Waals surface area contributed by atoms with Gasteiger partial charge in [-0.25, -0.2) is 0 Å². The lowest BCUT2D eigenvalue weighted by atomic mass is 10.0. The average molecular weight is 401 g/mol. The molecule has 2 heterocycles. The number of nitrogens with one attached hydrogen (secondary N) is 1. The molecule has 1 aliphatic heterocycles. The molecule has 3 rings (SSSR count). The van der Waals surface area contributed by atoms with Gasteiger partial charge in [0.1, 0.15) is 0 Å². The van der Waals surface area contributed by atoms with Crippen LogP contribution in [0.3, 0.4) is 0 Å². The lowest BCUT2D eigenvalue weighted by Crippen LogP contribution is -2.49. The second-order valence-corrected chi connectivity index (χ2v) is 8.64. The van der Waals surface area contributed by atoms with Crippen LogP contribution < -0.4 is 5.32 Å². The van der Waals surface area contributed by atoms with Crippen molar-refractivity contribution in [2.45, 2.75) is 43.7 Å². The van der Waals surface area contributed by atoms with Gasteiger partial charge in [0.25, 0.3) is 5.91 Å². The number of nitrogens with zero attached hydrogens (tertiary/aromatic N) is 1. The van der Waals surface area contributed by atoms with Gasteiger partial charge in [-0.05, 0) is 36.5 Å². The second-order valence-electron chi connectivity index (χ2n) is 7.51. The Balaban J connectivity index is 1.48. The monoisotopic (exact) mass is 400 g/mol. The Morgan fingerprint density at radius 1 is 1.14 bits per heavy atom. The van der Waals surface area contributed by atoms with Crippen LogP contribution in [-0.4, -0.2) is 41.1 Å². The van der Waals surface area contributed by atoms with Gasteiger partial charge in [-0.15, -0.1) is 11.8 Å². The number of hydrogen-bond acceptors (Lipinski definition) is 4. The van der Waals surface area contributed by atoms with E-state index in [1.54, 1.807) is 28.8 Å². The predicted octanol–water partition coefficient (Wildman–Crippen LogP) is 3.96. The van der Waals surface area contributed by atoms with E-state index in [0.29, 0.717) is 18.8 Å². The molecular formula is C22H28N2O3S. The normalized spacial score (nSPS) is 16.2. The first-order chi connectivity index (χ1) is 13.5. The lowest BCUT2D eigenvalue weighted by Gasteiger charge is -2.33. The van der Waals surface area contributed by atoms with Crippen molar-refractivity contribution in [2.24, 2.45) is 5.92 Å². The Bertz CT molecular complexity index is 753. The van der Waals surface area contributed by atoms with Crippen LogP contribution in [0.15, 0.2) is 53.1 Å². The van der Waals surface area contributed by atoms with E-state index >= 15 is 0 Å². The van der Waals surface area contributed by atoms with Crippen molar-refractivity contribution in [3.05, 3.63) is 60.1 Å². The number of likely N-dealkylation sites (tertiary alicyclic amines) is 1. The molecule has 1 aromatic heterocycles. The van der Waals surface area contributed by atoms with Gasteiger partial charge in [0.05, 0.1) is 11.5 Å². The number of furan rings is 1. The third kappa shape index (κ3) is 5.41. The quantitative estimate of drug-likeness (QED) is 0.764. The van der Waals surface area contributed by atoms with Crippen LogP contribution in [0, 0.1) is 5.92 Å². The highest BCUT2D eigenvalue weighted by atomic mass is 32.2. The van der Waals surface area contributed by atoms with Gasteiger partial charge in [0.15, 0.2) is 5.76 Å². The molecule has 1 atom stereocenters. The average Bonchev–Trinajstić information content (AvgIpc) is 3.23. The number of rotatable bonds is 7. The van der Waals surface area contributed by atoms with Gasteiger partial charge >= 0.3 is 0 Å². The summed E-state index contributed by atoms with van der Waals surface area (Å²) >= 11 is 1.69. The van der Waals surface area contributed by atoms with Crippen LogP contribution in [-0.2, 0) is 10.5 Å². The van der Waals surface area contributed by atoms with Gasteiger partial charge in [-0.2, -0.15) is 0 Å². The fourth-order valence-corrected chi connectivity index (χ4v) is 4.57. The van der Waals surface area contributed by atoms with E-state index < -0.39 is 0 Å². The van der Waals surface area contributed by atoms with Crippen LogP contribution in [0.25, 0.3) is 0 Å². The largest absolute Gasteiger partial charge is 0.459 e. The van der Waals surface area contributed by atoms with Gasteiger partial charge in [-0.1, -0.05) is 44.2 Å². The molecular weight excluding hydrogens is 372 g/mol. The Morgan fingerprint density at radius 3 is 2.46 bits per heavy atom. The van der Waals surface area contributed by atoms with E-state index in [2.05, 4.69) is 31.3 Å².